The number of amides is 2. The topological polar surface area (TPSA) is 174 Å². The molecular formula is C70H80N2O12Y-2. The fraction of sp³-hybridized carbons (Fsp3) is 0.286. The Morgan fingerprint density at radius 2 is 0.459 bits per heavy atom. The second-order valence-electron chi connectivity index (χ2n) is 20.0. The molecule has 6 rings (SSSR count). The number of carbonyl (C=O) groups excluding carboxylic acids is 2. The predicted octanol–water partition coefficient (Wildman–Crippen LogP) is 15.5. The van der Waals surface area contributed by atoms with Gasteiger partial charge in [0.1, 0.15) is 13.2 Å². The molecule has 0 saturated heterocycles. The molecule has 0 atom stereocenters. The molecule has 0 fully saturated rings. The molecule has 0 aliphatic heterocycles. The Morgan fingerprint density at radius 1 is 0.294 bits per heavy atom. The van der Waals surface area contributed by atoms with Crippen molar-refractivity contribution in [1.82, 2.24) is 0 Å². The quantitative estimate of drug-likeness (QED) is 0.0334. The number of hydrogen-bond donors (Lipinski definition) is 0. The van der Waals surface area contributed by atoms with Crippen molar-refractivity contribution < 1.29 is 89.7 Å². The van der Waals surface area contributed by atoms with Crippen molar-refractivity contribution in [1.29, 1.82) is 0 Å². The van der Waals surface area contributed by atoms with Crippen molar-refractivity contribution in [2.75, 3.05) is 79.3 Å². The van der Waals surface area contributed by atoms with Gasteiger partial charge in [0.15, 0.2) is 0 Å². The van der Waals surface area contributed by atoms with Crippen molar-refractivity contribution in [2.45, 2.75) is 39.6 Å². The third-order valence-electron chi connectivity index (χ3n) is 13.1. The van der Waals surface area contributed by atoms with E-state index in [0.29, 0.717) is 79.3 Å². The minimum atomic E-state index is -1.09. The van der Waals surface area contributed by atoms with Gasteiger partial charge in [0, 0.05) is 32.7 Å². The van der Waals surface area contributed by atoms with Crippen molar-refractivity contribution >= 4 is 48.6 Å². The Kier molecular flexibility index (Phi) is 33.5. The zero-order valence-corrected chi connectivity index (χ0v) is 51.6. The van der Waals surface area contributed by atoms with Crippen LogP contribution >= 0.6 is 0 Å². The smallest absolute Gasteiger partial charge is 0.227 e. The van der Waals surface area contributed by atoms with Gasteiger partial charge in [-0.15, -0.1) is 0 Å². The van der Waals surface area contributed by atoms with E-state index >= 15 is 0 Å². The minimum absolute atomic E-state index is 0. The summed E-state index contributed by atoms with van der Waals surface area (Å²) < 4.78 is 58.6. The average Bonchev–Trinajstić information content (AvgIpc) is 3.57. The van der Waals surface area contributed by atoms with E-state index in [4.69, 9.17) is 58.8 Å². The van der Waals surface area contributed by atoms with E-state index in [0.717, 1.165) is 66.8 Å². The Labute approximate surface area is 528 Å². The Morgan fingerprint density at radius 3 is 0.612 bits per heavy atom. The summed E-state index contributed by atoms with van der Waals surface area (Å²) in [5, 5.41) is 0. The number of rotatable bonds is 40. The van der Waals surface area contributed by atoms with Crippen LogP contribution in [0, 0.1) is 10.8 Å². The van der Waals surface area contributed by atoms with Crippen LogP contribution in [-0.4, -0.2) is 91.5 Å². The van der Waals surface area contributed by atoms with Crippen LogP contribution in [0.15, 0.2) is 185 Å². The summed E-state index contributed by atoms with van der Waals surface area (Å²) in [5.41, 5.74) is 25.0. The van der Waals surface area contributed by atoms with Crippen LogP contribution in [0.3, 0.4) is 0 Å². The molecule has 6 aromatic rings. The van der Waals surface area contributed by atoms with Gasteiger partial charge in [0.2, 0.25) is 12.2 Å². The summed E-state index contributed by atoms with van der Waals surface area (Å²) in [6, 6.07) is 48.1. The normalized spacial score (nSPS) is 11.0. The third kappa shape index (κ3) is 27.8. The monoisotopic (exact) mass is 1230 g/mol. The molecular weight excluding hydrogens is 1150 g/mol. The molecule has 15 heteroatoms. The van der Waals surface area contributed by atoms with E-state index in [1.165, 1.54) is 0 Å². The molecule has 14 nitrogen and oxygen atoms in total. The summed E-state index contributed by atoms with van der Waals surface area (Å²) in [4.78, 5) is 21.7. The number of carbonyl (C=O) groups is 2. The number of benzene rings is 6. The molecule has 0 saturated carbocycles. The van der Waals surface area contributed by atoms with Crippen LogP contribution in [0.4, 0.5) is 9.59 Å². The first-order valence-corrected chi connectivity index (χ1v) is 27.6. The molecule has 0 aliphatic carbocycles. The SMILES string of the molecule is C=Cc1ccc(COCC(COCCOC([NH-])=O)(COCc2ccc(C=C)cc2)COCc2ccc(C=C)cc2)cc1.C=Cc1ccc(COCC(COCCOC([NH-])=O)(COCc2ccc(C=C)cc2)COCc2ccc(C=C)cc2)cc1.[Y]. The molecule has 0 bridgehead atoms. The molecule has 2 N–H and O–H groups in total. The van der Waals surface area contributed by atoms with Crippen LogP contribution in [-0.2, 0) is 120 Å². The zero-order valence-electron chi connectivity index (χ0n) is 48.8. The standard InChI is InChI=1S/2C35H41NO6.Y/c2*1-4-28-7-13-31(14-8-28)21-39-25-35(24-38-19-20-42-34(36)37,26-40-22-32-15-9-29(5-2)10-16-32)27-41-23-33-17-11-30(6-3)12-18-33;/h2*4-18H,1-3,19-27H2,(H2,36,37);/p-2. The molecule has 1 radical (unpaired) electrons. The van der Waals surface area contributed by atoms with Gasteiger partial charge in [-0.2, -0.15) is 0 Å². The van der Waals surface area contributed by atoms with Gasteiger partial charge in [-0.25, -0.2) is 0 Å². The van der Waals surface area contributed by atoms with E-state index in [2.05, 4.69) is 39.5 Å². The van der Waals surface area contributed by atoms with E-state index in [1.807, 2.05) is 146 Å². The summed E-state index contributed by atoms with van der Waals surface area (Å²) >= 11 is 0. The van der Waals surface area contributed by atoms with Gasteiger partial charge >= 0.3 is 0 Å². The second-order valence-corrected chi connectivity index (χ2v) is 20.0. The fourth-order valence-electron chi connectivity index (χ4n) is 8.28. The second kappa shape index (κ2) is 40.4. The van der Waals surface area contributed by atoms with E-state index in [-0.39, 0.29) is 72.4 Å². The first kappa shape index (κ1) is 70.6. The summed E-state index contributed by atoms with van der Waals surface area (Å²) in [7, 11) is 0. The van der Waals surface area contributed by atoms with Crippen molar-refractivity contribution in [3.8, 4) is 0 Å². The maximum Gasteiger partial charge on any atom is 0.227 e. The third-order valence-corrected chi connectivity index (χ3v) is 13.1. The van der Waals surface area contributed by atoms with Crippen LogP contribution in [0.1, 0.15) is 66.8 Å². The fourth-order valence-corrected chi connectivity index (χ4v) is 8.28. The Hall–Kier alpha value is -6.92. The van der Waals surface area contributed by atoms with Crippen LogP contribution < -0.4 is 0 Å². The number of hydrogen-bond acceptors (Lipinski definition) is 12. The predicted molar refractivity (Wildman–Crippen MR) is 335 cm³/mol. The largest absolute Gasteiger partial charge is 0.632 e. The number of ether oxygens (including phenoxy) is 10. The molecule has 0 unspecified atom stereocenters. The average molecular weight is 1230 g/mol. The van der Waals surface area contributed by atoms with Crippen molar-refractivity contribution in [3.63, 3.8) is 0 Å². The van der Waals surface area contributed by atoms with Gasteiger partial charge < -0.3 is 58.8 Å². The number of nitrogens with one attached hydrogen (secondary N) is 2. The van der Waals surface area contributed by atoms with Gasteiger partial charge in [0.25, 0.3) is 0 Å². The van der Waals surface area contributed by atoms with Gasteiger partial charge in [-0.3, -0.25) is 9.59 Å². The summed E-state index contributed by atoms with van der Waals surface area (Å²) in [6.45, 7) is 27.8. The maximum absolute atomic E-state index is 10.9. The Balaban J connectivity index is 0.000000360. The van der Waals surface area contributed by atoms with Crippen LogP contribution in [0.25, 0.3) is 47.9 Å². The van der Waals surface area contributed by atoms with E-state index < -0.39 is 23.0 Å². The van der Waals surface area contributed by atoms with Crippen LogP contribution in [0.5, 0.6) is 0 Å². The van der Waals surface area contributed by atoms with Crippen molar-refractivity contribution in [2.24, 2.45) is 10.8 Å². The maximum atomic E-state index is 10.9. The molecule has 6 aromatic carbocycles. The molecule has 0 heterocycles. The summed E-state index contributed by atoms with van der Waals surface area (Å²) in [5.74, 6) is 0. The molecule has 0 aromatic heterocycles. The molecule has 0 aliphatic rings. The van der Waals surface area contributed by atoms with E-state index in [9.17, 15) is 9.59 Å². The molecule has 0 spiro atoms. The van der Waals surface area contributed by atoms with E-state index in [1.54, 1.807) is 36.5 Å². The molecule has 447 valence electrons. The molecule has 2 amide bonds. The first-order chi connectivity index (χ1) is 40.9. The van der Waals surface area contributed by atoms with Gasteiger partial charge in [-0.1, -0.05) is 222 Å². The molecule has 85 heavy (non-hydrogen) atoms. The summed E-state index contributed by atoms with van der Waals surface area (Å²) in [6.07, 6.45) is 8.63. The first-order valence-electron chi connectivity index (χ1n) is 27.6. The van der Waals surface area contributed by atoms with Gasteiger partial charge in [-0.05, 0) is 66.8 Å². The van der Waals surface area contributed by atoms with Crippen molar-refractivity contribution in [3.05, 3.63) is 263 Å². The minimum Gasteiger partial charge on any atom is -0.632 e. The van der Waals surface area contributed by atoms with Crippen LogP contribution in [0.2, 0.25) is 0 Å². The zero-order chi connectivity index (χ0) is 60.1. The Bertz CT molecular complexity index is 2430. The van der Waals surface area contributed by atoms with Gasteiger partial charge in [0.05, 0.1) is 117 Å².